The van der Waals surface area contributed by atoms with Crippen molar-refractivity contribution in [3.8, 4) is 11.5 Å². The normalized spacial score (nSPS) is 14.7. The van der Waals surface area contributed by atoms with E-state index in [0.717, 1.165) is 25.7 Å². The minimum absolute atomic E-state index is 0.0242. The Labute approximate surface area is 163 Å². The van der Waals surface area contributed by atoms with Gasteiger partial charge in [-0.25, -0.2) is 4.98 Å². The number of nitrogens with one attached hydrogen (secondary N) is 2. The second kappa shape index (κ2) is 9.04. The van der Waals surface area contributed by atoms with E-state index in [0.29, 0.717) is 27.9 Å². The van der Waals surface area contributed by atoms with Crippen LogP contribution in [0, 0.1) is 6.92 Å². The van der Waals surface area contributed by atoms with E-state index in [9.17, 15) is 9.59 Å². The summed E-state index contributed by atoms with van der Waals surface area (Å²) in [6.45, 7) is 1.73. The van der Waals surface area contributed by atoms with Crippen LogP contribution >= 0.6 is 11.6 Å². The Morgan fingerprint density at radius 1 is 1.19 bits per heavy atom. The molecule has 6 nitrogen and oxygen atoms in total. The topological polar surface area (TPSA) is 84.2 Å². The van der Waals surface area contributed by atoms with Gasteiger partial charge in [0.05, 0.1) is 29.2 Å². The molecule has 0 aliphatic heterocycles. The first kappa shape index (κ1) is 19.4. The highest BCUT2D eigenvalue weighted by Gasteiger charge is 2.18. The monoisotopic (exact) mass is 389 g/mol. The molecule has 0 atom stereocenters. The highest BCUT2D eigenvalue weighted by atomic mass is 35.5. The molecule has 27 heavy (non-hydrogen) atoms. The van der Waals surface area contributed by atoms with Gasteiger partial charge in [-0.15, -0.1) is 0 Å². The zero-order valence-corrected chi connectivity index (χ0v) is 16.1. The highest BCUT2D eigenvalue weighted by molar-refractivity contribution is 6.33. The third-order valence-electron chi connectivity index (χ3n) is 4.74. The smallest absolute Gasteiger partial charge is 0.239 e. The Morgan fingerprint density at radius 2 is 1.93 bits per heavy atom. The van der Waals surface area contributed by atoms with Crippen LogP contribution in [0.1, 0.15) is 43.6 Å². The molecule has 0 radical (unpaired) electrons. The van der Waals surface area contributed by atoms with Gasteiger partial charge in [-0.1, -0.05) is 43.0 Å². The van der Waals surface area contributed by atoms with Crippen molar-refractivity contribution in [1.29, 1.82) is 0 Å². The summed E-state index contributed by atoms with van der Waals surface area (Å²) in [5, 5.41) is 6.16. The largest absolute Gasteiger partial charge is 0.441 e. The number of amides is 2. The van der Waals surface area contributed by atoms with Crippen LogP contribution < -0.4 is 10.6 Å². The molecule has 1 aromatic carbocycles. The molecule has 1 aliphatic carbocycles. The van der Waals surface area contributed by atoms with Crippen molar-refractivity contribution in [3.05, 3.63) is 40.7 Å². The number of carbonyl (C=O) groups is 2. The van der Waals surface area contributed by atoms with Crippen LogP contribution in [0.2, 0.25) is 5.02 Å². The molecule has 7 heteroatoms. The second-order valence-corrected chi connectivity index (χ2v) is 7.26. The number of hydrogen-bond donors (Lipinski definition) is 2. The summed E-state index contributed by atoms with van der Waals surface area (Å²) < 4.78 is 5.65. The molecule has 2 amide bonds. The summed E-state index contributed by atoms with van der Waals surface area (Å²) in [6.07, 6.45) is 5.62. The summed E-state index contributed by atoms with van der Waals surface area (Å²) in [7, 11) is 0. The van der Waals surface area contributed by atoms with E-state index in [1.54, 1.807) is 13.0 Å². The van der Waals surface area contributed by atoms with Crippen molar-refractivity contribution in [3.63, 3.8) is 0 Å². The standard InChI is InChI=1S/C20H24ClN3O3/c1-13-17(24-20(27-13)15-9-5-6-10-16(15)21)11-18(25)22-12-19(26)23-14-7-3-2-4-8-14/h5-6,9-10,14H,2-4,7-8,11-12H2,1H3,(H,22,25)(H,23,26). The number of aryl methyl sites for hydroxylation is 1. The van der Waals surface area contributed by atoms with Crippen LogP contribution in [0.5, 0.6) is 0 Å². The van der Waals surface area contributed by atoms with Crippen molar-refractivity contribution < 1.29 is 14.0 Å². The van der Waals surface area contributed by atoms with E-state index in [1.807, 2.05) is 18.2 Å². The molecule has 0 bridgehead atoms. The average molecular weight is 390 g/mol. The van der Waals surface area contributed by atoms with Crippen LogP contribution in [0.25, 0.3) is 11.5 Å². The van der Waals surface area contributed by atoms with Gasteiger partial charge >= 0.3 is 0 Å². The Morgan fingerprint density at radius 3 is 2.67 bits per heavy atom. The number of hydrogen-bond acceptors (Lipinski definition) is 4. The van der Waals surface area contributed by atoms with Crippen LogP contribution in [-0.4, -0.2) is 29.4 Å². The first-order chi connectivity index (χ1) is 13.0. The lowest BCUT2D eigenvalue weighted by Crippen LogP contribution is -2.43. The van der Waals surface area contributed by atoms with Crippen molar-refractivity contribution in [2.24, 2.45) is 0 Å². The van der Waals surface area contributed by atoms with E-state index in [1.165, 1.54) is 6.42 Å². The summed E-state index contributed by atoms with van der Waals surface area (Å²) >= 11 is 6.17. The molecule has 1 aliphatic rings. The summed E-state index contributed by atoms with van der Waals surface area (Å²) in [5.74, 6) is 0.530. The first-order valence-electron chi connectivity index (χ1n) is 9.30. The SMILES string of the molecule is Cc1oc(-c2ccccc2Cl)nc1CC(=O)NCC(=O)NC1CCCCC1. The van der Waals surface area contributed by atoms with Crippen LogP contribution in [-0.2, 0) is 16.0 Å². The fourth-order valence-corrected chi connectivity index (χ4v) is 3.48. The minimum Gasteiger partial charge on any atom is -0.441 e. The number of carbonyl (C=O) groups excluding carboxylic acids is 2. The Bertz CT molecular complexity index is 813. The summed E-state index contributed by atoms with van der Waals surface area (Å²) in [6, 6.07) is 7.48. The van der Waals surface area contributed by atoms with E-state index in [4.69, 9.17) is 16.0 Å². The van der Waals surface area contributed by atoms with Crippen molar-refractivity contribution in [1.82, 2.24) is 15.6 Å². The predicted molar refractivity (Wildman–Crippen MR) is 103 cm³/mol. The van der Waals surface area contributed by atoms with Gasteiger partial charge in [-0.3, -0.25) is 9.59 Å². The van der Waals surface area contributed by atoms with Crippen molar-refractivity contribution >= 4 is 23.4 Å². The van der Waals surface area contributed by atoms with E-state index in [-0.39, 0.29) is 30.8 Å². The zero-order valence-electron chi connectivity index (χ0n) is 15.4. The number of nitrogens with zero attached hydrogens (tertiary/aromatic N) is 1. The lowest BCUT2D eigenvalue weighted by atomic mass is 9.95. The molecule has 0 unspecified atom stereocenters. The third kappa shape index (κ3) is 5.32. The van der Waals surface area contributed by atoms with Gasteiger partial charge in [-0.2, -0.15) is 0 Å². The molecule has 2 aromatic rings. The number of oxazole rings is 1. The number of rotatable bonds is 6. The number of halogens is 1. The van der Waals surface area contributed by atoms with E-state index >= 15 is 0 Å². The maximum absolute atomic E-state index is 12.2. The maximum atomic E-state index is 12.2. The number of aromatic nitrogens is 1. The minimum atomic E-state index is -0.268. The molecule has 1 aromatic heterocycles. The molecule has 0 saturated heterocycles. The quantitative estimate of drug-likeness (QED) is 0.792. The van der Waals surface area contributed by atoms with Crippen LogP contribution in [0.4, 0.5) is 0 Å². The van der Waals surface area contributed by atoms with Crippen LogP contribution in [0.3, 0.4) is 0 Å². The number of benzene rings is 1. The van der Waals surface area contributed by atoms with Crippen molar-refractivity contribution in [2.75, 3.05) is 6.54 Å². The molecule has 1 heterocycles. The molecule has 0 spiro atoms. The van der Waals surface area contributed by atoms with E-state index in [2.05, 4.69) is 15.6 Å². The van der Waals surface area contributed by atoms with Gasteiger partial charge < -0.3 is 15.1 Å². The van der Waals surface area contributed by atoms with Gasteiger partial charge in [0.25, 0.3) is 0 Å². The summed E-state index contributed by atoms with van der Waals surface area (Å²) in [5.41, 5.74) is 1.22. The van der Waals surface area contributed by atoms with Crippen LogP contribution in [0.15, 0.2) is 28.7 Å². The Hall–Kier alpha value is -2.34. The predicted octanol–water partition coefficient (Wildman–Crippen LogP) is 3.41. The van der Waals surface area contributed by atoms with Gasteiger partial charge in [-0.05, 0) is 31.9 Å². The molecule has 2 N–H and O–H groups in total. The van der Waals surface area contributed by atoms with Gasteiger partial charge in [0.1, 0.15) is 5.76 Å². The lowest BCUT2D eigenvalue weighted by molar-refractivity contribution is -0.126. The molecule has 1 saturated carbocycles. The van der Waals surface area contributed by atoms with Gasteiger partial charge in [0, 0.05) is 6.04 Å². The first-order valence-corrected chi connectivity index (χ1v) is 9.68. The fourth-order valence-electron chi connectivity index (χ4n) is 3.26. The third-order valence-corrected chi connectivity index (χ3v) is 5.07. The second-order valence-electron chi connectivity index (χ2n) is 6.86. The molecule has 3 rings (SSSR count). The molecular formula is C20H24ClN3O3. The zero-order chi connectivity index (χ0) is 19.2. The van der Waals surface area contributed by atoms with Crippen molar-refractivity contribution in [2.45, 2.75) is 51.5 Å². The van der Waals surface area contributed by atoms with Gasteiger partial charge in [0.15, 0.2) is 0 Å². The fraction of sp³-hybridized carbons (Fsp3) is 0.450. The Balaban J connectivity index is 1.52. The lowest BCUT2D eigenvalue weighted by Gasteiger charge is -2.22. The van der Waals surface area contributed by atoms with Gasteiger partial charge in [0.2, 0.25) is 17.7 Å². The molecular weight excluding hydrogens is 366 g/mol. The molecule has 1 fully saturated rings. The van der Waals surface area contributed by atoms with E-state index < -0.39 is 0 Å². The maximum Gasteiger partial charge on any atom is 0.239 e. The average Bonchev–Trinajstić information content (AvgIpc) is 3.01. The summed E-state index contributed by atoms with van der Waals surface area (Å²) in [4.78, 5) is 28.6. The Kier molecular flexibility index (Phi) is 6.50. The highest BCUT2D eigenvalue weighted by Crippen LogP contribution is 2.28. The molecule has 144 valence electrons.